The number of ether oxygens (including phenoxy) is 4. The average Bonchev–Trinajstić information content (AvgIpc) is 2.71. The highest BCUT2D eigenvalue weighted by molar-refractivity contribution is 6.07. The molecule has 0 radical (unpaired) electrons. The quantitative estimate of drug-likeness (QED) is 0.589. The number of carbonyl (C=O) groups is 2. The first-order valence-corrected chi connectivity index (χ1v) is 7.99. The molecule has 2 rings (SSSR count). The molecular weight excluding hydrogens is 350 g/mol. The molecular formula is C20H21NO6. The van der Waals surface area contributed by atoms with Gasteiger partial charge in [-0.25, -0.2) is 4.79 Å². The molecule has 0 unspecified atom stereocenters. The highest BCUT2D eigenvalue weighted by Gasteiger charge is 2.15. The maximum atomic E-state index is 12.5. The molecule has 27 heavy (non-hydrogen) atoms. The standard InChI is InChI=1S/C20H21NO6/c1-24-17-11-14(12-18(25-2)19(17)26-3)16(22)10-7-13-5-8-15(9-6-13)21-20(23)27-4/h5-12H,1-4H3,(H,21,23)/b10-7+. The van der Waals surface area contributed by atoms with Gasteiger partial charge in [-0.2, -0.15) is 0 Å². The number of ketones is 1. The second-order valence-corrected chi connectivity index (χ2v) is 5.35. The summed E-state index contributed by atoms with van der Waals surface area (Å²) in [4.78, 5) is 23.7. The van der Waals surface area contributed by atoms with Crippen LogP contribution in [0.2, 0.25) is 0 Å². The van der Waals surface area contributed by atoms with Crippen LogP contribution in [0.15, 0.2) is 42.5 Å². The van der Waals surface area contributed by atoms with E-state index in [2.05, 4.69) is 10.1 Å². The molecule has 0 saturated carbocycles. The van der Waals surface area contributed by atoms with Crippen molar-refractivity contribution in [2.75, 3.05) is 33.8 Å². The number of anilines is 1. The zero-order valence-corrected chi connectivity index (χ0v) is 15.6. The molecule has 0 aromatic heterocycles. The molecule has 2 aromatic rings. The first-order chi connectivity index (χ1) is 13.0. The van der Waals surface area contributed by atoms with E-state index in [4.69, 9.17) is 14.2 Å². The lowest BCUT2D eigenvalue weighted by molar-refractivity contribution is 0.104. The smallest absolute Gasteiger partial charge is 0.411 e. The van der Waals surface area contributed by atoms with Crippen molar-refractivity contribution < 1.29 is 28.5 Å². The molecule has 0 atom stereocenters. The van der Waals surface area contributed by atoms with E-state index < -0.39 is 6.09 Å². The van der Waals surface area contributed by atoms with E-state index in [9.17, 15) is 9.59 Å². The first-order valence-electron chi connectivity index (χ1n) is 7.99. The van der Waals surface area contributed by atoms with Crippen molar-refractivity contribution in [3.63, 3.8) is 0 Å². The molecule has 142 valence electrons. The first kappa shape index (κ1) is 19.8. The Bertz CT molecular complexity index is 817. The Labute approximate surface area is 157 Å². The van der Waals surface area contributed by atoms with Crippen molar-refractivity contribution in [3.8, 4) is 17.2 Å². The second kappa shape index (κ2) is 9.28. The number of allylic oxidation sites excluding steroid dienone is 1. The van der Waals surface area contributed by atoms with Gasteiger partial charge in [0.2, 0.25) is 5.75 Å². The molecule has 0 fully saturated rings. The van der Waals surface area contributed by atoms with Gasteiger partial charge in [-0.05, 0) is 35.9 Å². The topological polar surface area (TPSA) is 83.1 Å². The summed E-state index contributed by atoms with van der Waals surface area (Å²) < 4.78 is 20.3. The normalized spacial score (nSPS) is 10.4. The Balaban J connectivity index is 2.18. The molecule has 0 spiro atoms. The minimum absolute atomic E-state index is 0.217. The summed E-state index contributed by atoms with van der Waals surface area (Å²) in [6, 6.07) is 10.1. The lowest BCUT2D eigenvalue weighted by Crippen LogP contribution is -2.10. The fraction of sp³-hybridized carbons (Fsp3) is 0.200. The third-order valence-corrected chi connectivity index (χ3v) is 3.72. The zero-order valence-electron chi connectivity index (χ0n) is 15.6. The minimum atomic E-state index is -0.545. The third kappa shape index (κ3) is 5.01. The Hall–Kier alpha value is -3.48. The van der Waals surface area contributed by atoms with Crippen LogP contribution >= 0.6 is 0 Å². The van der Waals surface area contributed by atoms with Crippen molar-refractivity contribution in [1.82, 2.24) is 0 Å². The van der Waals surface area contributed by atoms with Crippen LogP contribution in [0.25, 0.3) is 6.08 Å². The van der Waals surface area contributed by atoms with Crippen LogP contribution < -0.4 is 19.5 Å². The van der Waals surface area contributed by atoms with Gasteiger partial charge < -0.3 is 18.9 Å². The maximum absolute atomic E-state index is 12.5. The lowest BCUT2D eigenvalue weighted by atomic mass is 10.1. The van der Waals surface area contributed by atoms with Gasteiger partial charge in [0.15, 0.2) is 17.3 Å². The van der Waals surface area contributed by atoms with Gasteiger partial charge >= 0.3 is 6.09 Å². The molecule has 0 aliphatic carbocycles. The molecule has 1 amide bonds. The number of benzene rings is 2. The van der Waals surface area contributed by atoms with E-state index in [1.807, 2.05) is 0 Å². The van der Waals surface area contributed by atoms with E-state index in [0.29, 0.717) is 28.5 Å². The van der Waals surface area contributed by atoms with Crippen molar-refractivity contribution in [1.29, 1.82) is 0 Å². The molecule has 1 N–H and O–H groups in total. The summed E-state index contributed by atoms with van der Waals surface area (Å²) in [6.07, 6.45) is 2.58. The van der Waals surface area contributed by atoms with Gasteiger partial charge in [0.25, 0.3) is 0 Å². The fourth-order valence-electron chi connectivity index (χ4n) is 2.34. The van der Waals surface area contributed by atoms with Crippen molar-refractivity contribution in [3.05, 3.63) is 53.6 Å². The number of rotatable bonds is 7. The van der Waals surface area contributed by atoms with Gasteiger partial charge in [-0.15, -0.1) is 0 Å². The van der Waals surface area contributed by atoms with Gasteiger partial charge in [0.05, 0.1) is 28.4 Å². The number of methoxy groups -OCH3 is 4. The highest BCUT2D eigenvalue weighted by atomic mass is 16.5. The second-order valence-electron chi connectivity index (χ2n) is 5.35. The predicted octanol–water partition coefficient (Wildman–Crippen LogP) is 3.79. The molecule has 0 aliphatic rings. The van der Waals surface area contributed by atoms with Crippen molar-refractivity contribution >= 4 is 23.6 Å². The van der Waals surface area contributed by atoms with Crippen molar-refractivity contribution in [2.24, 2.45) is 0 Å². The number of nitrogens with one attached hydrogen (secondary N) is 1. The summed E-state index contributed by atoms with van der Waals surface area (Å²) in [6.45, 7) is 0. The van der Waals surface area contributed by atoms with E-state index in [-0.39, 0.29) is 5.78 Å². The largest absolute Gasteiger partial charge is 0.493 e. The molecule has 0 aliphatic heterocycles. The van der Waals surface area contributed by atoms with Crippen LogP contribution in [0.3, 0.4) is 0 Å². The van der Waals surface area contributed by atoms with Crippen LogP contribution in [0.4, 0.5) is 10.5 Å². The average molecular weight is 371 g/mol. The number of hydrogen-bond donors (Lipinski definition) is 1. The van der Waals surface area contributed by atoms with Crippen LogP contribution in [0.5, 0.6) is 17.2 Å². The Morgan fingerprint density at radius 2 is 1.48 bits per heavy atom. The molecule has 0 heterocycles. The lowest BCUT2D eigenvalue weighted by Gasteiger charge is -2.13. The van der Waals surface area contributed by atoms with Crippen molar-refractivity contribution in [2.45, 2.75) is 0 Å². The van der Waals surface area contributed by atoms with Gasteiger partial charge in [-0.1, -0.05) is 18.2 Å². The zero-order chi connectivity index (χ0) is 19.8. The van der Waals surface area contributed by atoms with E-state index in [1.54, 1.807) is 42.5 Å². The third-order valence-electron chi connectivity index (χ3n) is 3.72. The Morgan fingerprint density at radius 3 is 1.96 bits per heavy atom. The van der Waals surface area contributed by atoms with E-state index >= 15 is 0 Å². The maximum Gasteiger partial charge on any atom is 0.411 e. The molecule has 7 heteroatoms. The van der Waals surface area contributed by atoms with Gasteiger partial charge in [0, 0.05) is 11.3 Å². The molecule has 7 nitrogen and oxygen atoms in total. The van der Waals surface area contributed by atoms with Crippen LogP contribution in [0, 0.1) is 0 Å². The fourth-order valence-corrected chi connectivity index (χ4v) is 2.34. The summed E-state index contributed by atoms with van der Waals surface area (Å²) in [5.41, 5.74) is 1.80. The monoisotopic (exact) mass is 371 g/mol. The van der Waals surface area contributed by atoms with Gasteiger partial charge in [0.1, 0.15) is 0 Å². The summed E-state index contributed by atoms with van der Waals surface area (Å²) >= 11 is 0. The number of amides is 1. The van der Waals surface area contributed by atoms with E-state index in [1.165, 1.54) is 34.5 Å². The molecule has 0 bridgehead atoms. The summed E-state index contributed by atoms with van der Waals surface area (Å²) in [7, 11) is 5.78. The van der Waals surface area contributed by atoms with Crippen LogP contribution in [0.1, 0.15) is 15.9 Å². The predicted molar refractivity (Wildman–Crippen MR) is 102 cm³/mol. The minimum Gasteiger partial charge on any atom is -0.493 e. The number of carbonyl (C=O) groups excluding carboxylic acids is 2. The highest BCUT2D eigenvalue weighted by Crippen LogP contribution is 2.38. The van der Waals surface area contributed by atoms with E-state index in [0.717, 1.165) is 5.56 Å². The SMILES string of the molecule is COC(=O)Nc1ccc(/C=C/C(=O)c2cc(OC)c(OC)c(OC)c2)cc1. The Kier molecular flexibility index (Phi) is 6.82. The van der Waals surface area contributed by atoms with Gasteiger partial charge in [-0.3, -0.25) is 10.1 Å². The number of hydrogen-bond acceptors (Lipinski definition) is 6. The van der Waals surface area contributed by atoms with Crippen LogP contribution in [-0.2, 0) is 4.74 Å². The molecule has 2 aromatic carbocycles. The summed E-state index contributed by atoms with van der Waals surface area (Å²) in [5.74, 6) is 1.03. The molecule has 0 saturated heterocycles. The Morgan fingerprint density at radius 1 is 0.889 bits per heavy atom. The van der Waals surface area contributed by atoms with Crippen LogP contribution in [-0.4, -0.2) is 40.3 Å². The summed E-state index contributed by atoms with van der Waals surface area (Å²) in [5, 5.41) is 2.55.